The first-order valence-corrected chi connectivity index (χ1v) is 13.6. The molecular formula is C24H34N4O5S. The van der Waals surface area contributed by atoms with Crippen molar-refractivity contribution in [1.82, 2.24) is 19.2 Å². The summed E-state index contributed by atoms with van der Waals surface area (Å²) in [7, 11) is -1.70. The average Bonchev–Trinajstić information content (AvgIpc) is 3.45. The highest BCUT2D eigenvalue weighted by molar-refractivity contribution is 7.89. The number of esters is 1. The average molecular weight is 491 g/mol. The van der Waals surface area contributed by atoms with E-state index < -0.39 is 22.1 Å². The lowest BCUT2D eigenvalue weighted by molar-refractivity contribution is -0.155. The summed E-state index contributed by atoms with van der Waals surface area (Å²) in [6, 6.07) is 5.17. The van der Waals surface area contributed by atoms with E-state index in [0.717, 1.165) is 50.5 Å². The molecule has 2 heterocycles. The van der Waals surface area contributed by atoms with Crippen molar-refractivity contribution in [2.45, 2.75) is 81.8 Å². The standard InChI is InChI=1S/C24H34N4O5S/c1-17(24(30)25-18-8-4-5-9-18)33-23(29)13-12-22-26-20-16-19(10-11-21(20)27(22)2)34(31,32)28-14-6-3-7-15-28/h10-11,16-18H,3-9,12-15H2,1-2H3,(H,25,30)/t17-/m1/s1. The fourth-order valence-electron chi connectivity index (χ4n) is 4.78. The highest BCUT2D eigenvalue weighted by atomic mass is 32.2. The normalized spacial score (nSPS) is 18.8. The van der Waals surface area contributed by atoms with Crippen LogP contribution in [-0.4, -0.2) is 59.4 Å². The summed E-state index contributed by atoms with van der Waals surface area (Å²) in [4.78, 5) is 29.4. The largest absolute Gasteiger partial charge is 0.453 e. The van der Waals surface area contributed by atoms with Gasteiger partial charge in [-0.3, -0.25) is 9.59 Å². The number of benzene rings is 1. The van der Waals surface area contributed by atoms with Crippen molar-refractivity contribution in [1.29, 1.82) is 0 Å². The lowest BCUT2D eigenvalue weighted by Gasteiger charge is -2.25. The number of fused-ring (bicyclic) bond motifs is 1. The molecule has 10 heteroatoms. The minimum atomic E-state index is -3.54. The molecule has 0 spiro atoms. The van der Waals surface area contributed by atoms with Crippen molar-refractivity contribution in [3.8, 4) is 0 Å². The predicted molar refractivity (Wildman–Crippen MR) is 128 cm³/mol. The van der Waals surface area contributed by atoms with Crippen molar-refractivity contribution in [3.05, 3.63) is 24.0 Å². The molecule has 1 N–H and O–H groups in total. The summed E-state index contributed by atoms with van der Waals surface area (Å²) in [5.41, 5.74) is 1.37. The fourth-order valence-corrected chi connectivity index (χ4v) is 6.32. The van der Waals surface area contributed by atoms with Crippen LogP contribution in [-0.2, 0) is 37.8 Å². The van der Waals surface area contributed by atoms with E-state index in [4.69, 9.17) is 4.74 Å². The number of hydrogen-bond donors (Lipinski definition) is 1. The van der Waals surface area contributed by atoms with Crippen molar-refractivity contribution in [2.75, 3.05) is 13.1 Å². The Morgan fingerprint density at radius 1 is 1.15 bits per heavy atom. The number of imidazole rings is 1. The van der Waals surface area contributed by atoms with Crippen molar-refractivity contribution < 1.29 is 22.7 Å². The van der Waals surface area contributed by atoms with Gasteiger partial charge in [-0.25, -0.2) is 13.4 Å². The first-order valence-electron chi connectivity index (χ1n) is 12.2. The zero-order valence-electron chi connectivity index (χ0n) is 20.0. The Bertz CT molecular complexity index is 1150. The molecule has 34 heavy (non-hydrogen) atoms. The molecule has 1 saturated heterocycles. The quantitative estimate of drug-likeness (QED) is 0.570. The summed E-state index contributed by atoms with van der Waals surface area (Å²) >= 11 is 0. The molecule has 1 aliphatic heterocycles. The first-order chi connectivity index (χ1) is 16.3. The van der Waals surface area contributed by atoms with Gasteiger partial charge in [-0.2, -0.15) is 4.31 Å². The van der Waals surface area contributed by atoms with Gasteiger partial charge in [0.1, 0.15) is 5.82 Å². The lowest BCUT2D eigenvalue weighted by Crippen LogP contribution is -2.40. The molecule has 0 radical (unpaired) electrons. The highest BCUT2D eigenvalue weighted by Crippen LogP contribution is 2.25. The molecule has 2 aliphatic rings. The third-order valence-corrected chi connectivity index (χ3v) is 8.72. The van der Waals surface area contributed by atoms with E-state index in [9.17, 15) is 18.0 Å². The van der Waals surface area contributed by atoms with Gasteiger partial charge in [-0.05, 0) is 50.8 Å². The fraction of sp³-hybridized carbons (Fsp3) is 0.625. The summed E-state index contributed by atoms with van der Waals surface area (Å²) in [6.07, 6.45) is 6.56. The van der Waals surface area contributed by atoms with E-state index in [0.29, 0.717) is 30.9 Å². The van der Waals surface area contributed by atoms with Crippen LogP contribution in [0.4, 0.5) is 0 Å². The Kier molecular flexibility index (Phi) is 7.57. The Morgan fingerprint density at radius 2 is 1.85 bits per heavy atom. The molecule has 1 atom stereocenters. The minimum Gasteiger partial charge on any atom is -0.453 e. The Labute approximate surface area is 200 Å². The Hall–Kier alpha value is -2.46. The van der Waals surface area contributed by atoms with Gasteiger partial charge < -0.3 is 14.6 Å². The highest BCUT2D eigenvalue weighted by Gasteiger charge is 2.27. The van der Waals surface area contributed by atoms with Crippen LogP contribution in [0.2, 0.25) is 0 Å². The molecule has 1 aliphatic carbocycles. The second-order valence-electron chi connectivity index (χ2n) is 9.32. The van der Waals surface area contributed by atoms with Crippen molar-refractivity contribution in [2.24, 2.45) is 7.05 Å². The van der Waals surface area contributed by atoms with Crippen LogP contribution in [0.5, 0.6) is 0 Å². The van der Waals surface area contributed by atoms with Crippen molar-refractivity contribution in [3.63, 3.8) is 0 Å². The number of amides is 1. The number of rotatable bonds is 8. The SMILES string of the molecule is C[C@@H](OC(=O)CCc1nc2cc(S(=O)(=O)N3CCCCC3)ccc2n1C)C(=O)NC1CCCC1. The summed E-state index contributed by atoms with van der Waals surface area (Å²) < 4.78 is 34.7. The number of aryl methyl sites for hydroxylation is 2. The molecule has 1 aromatic carbocycles. The van der Waals surface area contributed by atoms with Crippen LogP contribution in [0, 0.1) is 0 Å². The maximum atomic E-state index is 13.0. The van der Waals surface area contributed by atoms with Gasteiger partial charge in [-0.15, -0.1) is 0 Å². The molecule has 2 aromatic rings. The molecule has 0 unspecified atom stereocenters. The van der Waals surface area contributed by atoms with Crippen LogP contribution in [0.1, 0.15) is 64.1 Å². The van der Waals surface area contributed by atoms with Crippen molar-refractivity contribution >= 4 is 32.9 Å². The van der Waals surface area contributed by atoms with E-state index in [1.54, 1.807) is 29.4 Å². The summed E-state index contributed by atoms with van der Waals surface area (Å²) in [5.74, 6) is -0.0672. The molecule has 0 bridgehead atoms. The molecule has 1 aromatic heterocycles. The van der Waals surface area contributed by atoms with Gasteiger partial charge in [0.05, 0.1) is 22.3 Å². The number of ether oxygens (including phenoxy) is 1. The zero-order chi connectivity index (χ0) is 24.3. The Morgan fingerprint density at radius 3 is 2.56 bits per heavy atom. The van der Waals surface area contributed by atoms with E-state index >= 15 is 0 Å². The van der Waals surface area contributed by atoms with Crippen LogP contribution in [0.3, 0.4) is 0 Å². The van der Waals surface area contributed by atoms with Gasteiger partial charge in [0.2, 0.25) is 10.0 Å². The minimum absolute atomic E-state index is 0.0805. The molecular weight excluding hydrogens is 456 g/mol. The zero-order valence-corrected chi connectivity index (χ0v) is 20.8. The second-order valence-corrected chi connectivity index (χ2v) is 11.3. The number of nitrogens with one attached hydrogen (secondary N) is 1. The molecule has 9 nitrogen and oxygen atoms in total. The number of sulfonamides is 1. The third-order valence-electron chi connectivity index (χ3n) is 6.83. The maximum absolute atomic E-state index is 13.0. The van der Waals surface area contributed by atoms with Gasteiger partial charge >= 0.3 is 5.97 Å². The van der Waals surface area contributed by atoms with E-state index in [2.05, 4.69) is 10.3 Å². The molecule has 4 rings (SSSR count). The topological polar surface area (TPSA) is 111 Å². The van der Waals surface area contributed by atoms with E-state index in [1.165, 1.54) is 0 Å². The number of carbonyl (C=O) groups is 2. The van der Waals surface area contributed by atoms with Gasteiger partial charge in [-0.1, -0.05) is 19.3 Å². The maximum Gasteiger partial charge on any atom is 0.307 e. The van der Waals surface area contributed by atoms with Gasteiger partial charge in [0.25, 0.3) is 5.91 Å². The van der Waals surface area contributed by atoms with Crippen LogP contribution in [0.15, 0.2) is 23.1 Å². The third kappa shape index (κ3) is 5.43. The number of piperidine rings is 1. The lowest BCUT2D eigenvalue weighted by atomic mass is 10.2. The smallest absolute Gasteiger partial charge is 0.307 e. The summed E-state index contributed by atoms with van der Waals surface area (Å²) in [5, 5.41) is 2.94. The van der Waals surface area contributed by atoms with Crippen LogP contribution in [0.25, 0.3) is 11.0 Å². The molecule has 186 valence electrons. The van der Waals surface area contributed by atoms with Gasteiger partial charge in [0.15, 0.2) is 6.10 Å². The summed E-state index contributed by atoms with van der Waals surface area (Å²) in [6.45, 7) is 2.68. The predicted octanol–water partition coefficient (Wildman–Crippen LogP) is 2.67. The van der Waals surface area contributed by atoms with Crippen LogP contribution >= 0.6 is 0 Å². The second kappa shape index (κ2) is 10.4. The number of nitrogens with zero attached hydrogens (tertiary/aromatic N) is 3. The first kappa shape index (κ1) is 24.7. The van der Waals surface area contributed by atoms with E-state index in [-0.39, 0.29) is 23.3 Å². The van der Waals surface area contributed by atoms with Gasteiger partial charge in [0, 0.05) is 32.6 Å². The molecule has 2 fully saturated rings. The number of aromatic nitrogens is 2. The number of carbonyl (C=O) groups excluding carboxylic acids is 2. The Balaban J connectivity index is 1.37. The number of hydrogen-bond acceptors (Lipinski definition) is 6. The molecule has 1 saturated carbocycles. The molecule has 1 amide bonds. The van der Waals surface area contributed by atoms with Crippen LogP contribution < -0.4 is 5.32 Å². The monoisotopic (exact) mass is 490 g/mol. The van der Waals surface area contributed by atoms with E-state index in [1.807, 2.05) is 11.6 Å².